The van der Waals surface area contributed by atoms with Crippen molar-refractivity contribution in [3.8, 4) is 0 Å². The summed E-state index contributed by atoms with van der Waals surface area (Å²) < 4.78 is 5.27. The third-order valence-corrected chi connectivity index (χ3v) is 4.79. The molecule has 4 heteroatoms. The van der Waals surface area contributed by atoms with Gasteiger partial charge in [-0.3, -0.25) is 9.69 Å². The van der Waals surface area contributed by atoms with Crippen molar-refractivity contribution in [2.75, 3.05) is 13.2 Å². The van der Waals surface area contributed by atoms with Gasteiger partial charge in [-0.25, -0.2) is 4.79 Å². The molecule has 0 aliphatic heterocycles. The third kappa shape index (κ3) is 8.03. The topological polar surface area (TPSA) is 46.6 Å². The lowest BCUT2D eigenvalue weighted by Crippen LogP contribution is -2.25. The number of nitrogens with zero attached hydrogens (tertiary/aromatic N) is 1. The Labute approximate surface area is 183 Å². The molecular formula is C27H27NO3. The first-order valence-corrected chi connectivity index (χ1v) is 10.4. The molecule has 0 radical (unpaired) electrons. The maximum absolute atomic E-state index is 12.0. The average molecular weight is 414 g/mol. The van der Waals surface area contributed by atoms with E-state index in [4.69, 9.17) is 4.74 Å². The SMILES string of the molecule is O=C(/C=C/C(=O)c1ccccc1)OCCCN(Cc1ccccc1)Cc1ccccc1. The zero-order valence-corrected chi connectivity index (χ0v) is 17.5. The highest BCUT2D eigenvalue weighted by atomic mass is 16.5. The minimum atomic E-state index is -0.498. The number of carbonyl (C=O) groups is 2. The summed E-state index contributed by atoms with van der Waals surface area (Å²) in [5.41, 5.74) is 3.04. The molecule has 3 rings (SSSR count). The van der Waals surface area contributed by atoms with Crippen molar-refractivity contribution in [1.82, 2.24) is 4.90 Å². The van der Waals surface area contributed by atoms with Crippen LogP contribution < -0.4 is 0 Å². The molecule has 0 aromatic heterocycles. The largest absolute Gasteiger partial charge is 0.462 e. The maximum Gasteiger partial charge on any atom is 0.330 e. The molecule has 3 aromatic carbocycles. The number of benzene rings is 3. The number of carbonyl (C=O) groups excluding carboxylic acids is 2. The van der Waals surface area contributed by atoms with E-state index in [2.05, 4.69) is 29.2 Å². The minimum absolute atomic E-state index is 0.213. The molecule has 158 valence electrons. The van der Waals surface area contributed by atoms with Gasteiger partial charge in [0.05, 0.1) is 6.61 Å². The van der Waals surface area contributed by atoms with E-state index in [0.29, 0.717) is 18.6 Å². The number of hydrogen-bond acceptors (Lipinski definition) is 4. The Bertz CT molecular complexity index is 928. The molecule has 4 nitrogen and oxygen atoms in total. The second kappa shape index (κ2) is 12.3. The van der Waals surface area contributed by atoms with Crippen LogP contribution in [0.25, 0.3) is 0 Å². The van der Waals surface area contributed by atoms with Gasteiger partial charge in [0.2, 0.25) is 0 Å². The molecule has 0 bridgehead atoms. The van der Waals surface area contributed by atoms with Crippen molar-refractivity contribution >= 4 is 11.8 Å². The van der Waals surface area contributed by atoms with Gasteiger partial charge in [-0.2, -0.15) is 0 Å². The normalized spacial score (nSPS) is 11.0. The van der Waals surface area contributed by atoms with Crippen LogP contribution in [0.1, 0.15) is 27.9 Å². The van der Waals surface area contributed by atoms with Gasteiger partial charge in [0.15, 0.2) is 5.78 Å². The molecule has 31 heavy (non-hydrogen) atoms. The zero-order valence-electron chi connectivity index (χ0n) is 17.5. The summed E-state index contributed by atoms with van der Waals surface area (Å²) in [5.74, 6) is -0.712. The molecule has 0 fully saturated rings. The summed E-state index contributed by atoms with van der Waals surface area (Å²) in [6, 6.07) is 29.5. The number of esters is 1. The lowest BCUT2D eigenvalue weighted by atomic mass is 10.1. The van der Waals surface area contributed by atoms with E-state index in [1.54, 1.807) is 24.3 Å². The molecule has 0 aliphatic rings. The van der Waals surface area contributed by atoms with Gasteiger partial charge in [-0.1, -0.05) is 91.0 Å². The first-order valence-electron chi connectivity index (χ1n) is 10.4. The molecule has 0 spiro atoms. The molecule has 0 aliphatic carbocycles. The molecule has 0 saturated heterocycles. The first-order chi connectivity index (χ1) is 15.2. The number of ether oxygens (including phenoxy) is 1. The summed E-state index contributed by atoms with van der Waals surface area (Å²) in [7, 11) is 0. The van der Waals surface area contributed by atoms with Gasteiger partial charge in [0.1, 0.15) is 0 Å². The molecular weight excluding hydrogens is 386 g/mol. The Hall–Kier alpha value is -3.50. The predicted molar refractivity (Wildman–Crippen MR) is 122 cm³/mol. The highest BCUT2D eigenvalue weighted by molar-refractivity contribution is 6.06. The second-order valence-electron chi connectivity index (χ2n) is 7.27. The minimum Gasteiger partial charge on any atom is -0.462 e. The van der Waals surface area contributed by atoms with Gasteiger partial charge in [0.25, 0.3) is 0 Å². The summed E-state index contributed by atoms with van der Waals surface area (Å²) in [5, 5.41) is 0. The smallest absolute Gasteiger partial charge is 0.330 e. The predicted octanol–water partition coefficient (Wildman–Crippen LogP) is 5.06. The monoisotopic (exact) mass is 413 g/mol. The number of allylic oxidation sites excluding steroid dienone is 1. The van der Waals surface area contributed by atoms with Gasteiger partial charge in [-0.05, 0) is 23.6 Å². The van der Waals surface area contributed by atoms with Gasteiger partial charge in [-0.15, -0.1) is 0 Å². The molecule has 0 unspecified atom stereocenters. The Morgan fingerprint density at radius 1 is 0.710 bits per heavy atom. The van der Waals surface area contributed by atoms with E-state index in [-0.39, 0.29) is 5.78 Å². The van der Waals surface area contributed by atoms with Gasteiger partial charge in [0, 0.05) is 31.3 Å². The van der Waals surface area contributed by atoms with Crippen molar-refractivity contribution in [1.29, 1.82) is 0 Å². The van der Waals surface area contributed by atoms with E-state index in [0.717, 1.165) is 19.6 Å². The highest BCUT2D eigenvalue weighted by Gasteiger charge is 2.08. The van der Waals surface area contributed by atoms with Gasteiger partial charge < -0.3 is 4.74 Å². The lowest BCUT2D eigenvalue weighted by molar-refractivity contribution is -0.137. The maximum atomic E-state index is 12.0. The quantitative estimate of drug-likeness (QED) is 0.191. The number of rotatable bonds is 11. The molecule has 3 aromatic rings. The van der Waals surface area contributed by atoms with E-state index in [1.807, 2.05) is 42.5 Å². The van der Waals surface area contributed by atoms with Crippen LogP contribution in [-0.4, -0.2) is 29.8 Å². The third-order valence-electron chi connectivity index (χ3n) is 4.79. The van der Waals surface area contributed by atoms with Crippen molar-refractivity contribution in [2.24, 2.45) is 0 Å². The molecule has 0 amide bonds. The second-order valence-corrected chi connectivity index (χ2v) is 7.27. The summed E-state index contributed by atoms with van der Waals surface area (Å²) >= 11 is 0. The molecule has 0 N–H and O–H groups in total. The fourth-order valence-corrected chi connectivity index (χ4v) is 3.25. The number of ketones is 1. The van der Waals surface area contributed by atoms with E-state index in [1.165, 1.54) is 23.3 Å². The highest BCUT2D eigenvalue weighted by Crippen LogP contribution is 2.11. The zero-order chi connectivity index (χ0) is 21.7. The van der Waals surface area contributed by atoms with E-state index < -0.39 is 5.97 Å². The Kier molecular flexibility index (Phi) is 8.77. The fraction of sp³-hybridized carbons (Fsp3) is 0.185. The van der Waals surface area contributed by atoms with Crippen molar-refractivity contribution in [3.05, 3.63) is 120 Å². The van der Waals surface area contributed by atoms with Crippen LogP contribution in [0.5, 0.6) is 0 Å². The van der Waals surface area contributed by atoms with Crippen molar-refractivity contribution in [2.45, 2.75) is 19.5 Å². The van der Waals surface area contributed by atoms with Crippen LogP contribution in [0.4, 0.5) is 0 Å². The summed E-state index contributed by atoms with van der Waals surface area (Å²) in [4.78, 5) is 26.3. The Morgan fingerprint density at radius 3 is 1.77 bits per heavy atom. The van der Waals surface area contributed by atoms with Crippen LogP contribution in [0.15, 0.2) is 103 Å². The Morgan fingerprint density at radius 2 is 1.23 bits per heavy atom. The van der Waals surface area contributed by atoms with Crippen LogP contribution in [0, 0.1) is 0 Å². The van der Waals surface area contributed by atoms with Crippen molar-refractivity contribution < 1.29 is 14.3 Å². The molecule has 0 atom stereocenters. The lowest BCUT2D eigenvalue weighted by Gasteiger charge is -2.22. The van der Waals surface area contributed by atoms with Crippen LogP contribution >= 0.6 is 0 Å². The molecule has 0 saturated carbocycles. The average Bonchev–Trinajstić information content (AvgIpc) is 2.82. The number of hydrogen-bond donors (Lipinski definition) is 0. The van der Waals surface area contributed by atoms with Crippen molar-refractivity contribution in [3.63, 3.8) is 0 Å². The van der Waals surface area contributed by atoms with E-state index in [9.17, 15) is 9.59 Å². The van der Waals surface area contributed by atoms with Crippen LogP contribution in [0.2, 0.25) is 0 Å². The molecule has 0 heterocycles. The summed E-state index contributed by atoms with van der Waals surface area (Å²) in [6.45, 7) is 2.76. The van der Waals surface area contributed by atoms with Gasteiger partial charge >= 0.3 is 5.97 Å². The van der Waals surface area contributed by atoms with E-state index >= 15 is 0 Å². The standard InChI is InChI=1S/C27H27NO3/c29-26(25-15-8-3-9-16-25)17-18-27(30)31-20-10-19-28(21-23-11-4-1-5-12-23)22-24-13-6-2-7-14-24/h1-9,11-18H,10,19-22H2/b18-17+. The Balaban J connectivity index is 1.46. The first kappa shape index (κ1) is 22.2. The fourth-order valence-electron chi connectivity index (χ4n) is 3.25. The van der Waals surface area contributed by atoms with Crippen LogP contribution in [0.3, 0.4) is 0 Å². The van der Waals surface area contributed by atoms with Crippen LogP contribution in [-0.2, 0) is 22.6 Å². The summed E-state index contributed by atoms with van der Waals surface area (Å²) in [6.07, 6.45) is 3.17.